The van der Waals surface area contributed by atoms with Crippen LogP contribution in [0.2, 0.25) is 5.02 Å². The SMILES string of the molecule is NCc1nc(C(=O)N2CCC([C@@H](O)c3ccc(Cl)cc3)CC2)cs1. The Morgan fingerprint density at radius 3 is 2.62 bits per heavy atom. The van der Waals surface area contributed by atoms with Gasteiger partial charge in [0.25, 0.3) is 5.91 Å². The fraction of sp³-hybridized carbons (Fsp3) is 0.412. The van der Waals surface area contributed by atoms with Crippen LogP contribution in [-0.4, -0.2) is 34.0 Å². The number of thiazole rings is 1. The van der Waals surface area contributed by atoms with Crippen molar-refractivity contribution < 1.29 is 9.90 Å². The third-order valence-electron chi connectivity index (χ3n) is 4.43. The van der Waals surface area contributed by atoms with Gasteiger partial charge in [0.1, 0.15) is 10.7 Å². The molecule has 24 heavy (non-hydrogen) atoms. The minimum Gasteiger partial charge on any atom is -0.388 e. The van der Waals surface area contributed by atoms with Gasteiger partial charge in [0.2, 0.25) is 0 Å². The molecule has 1 fully saturated rings. The zero-order valence-corrected chi connectivity index (χ0v) is 14.8. The number of carbonyl (C=O) groups is 1. The van der Waals surface area contributed by atoms with E-state index in [1.165, 1.54) is 11.3 Å². The molecule has 3 N–H and O–H groups in total. The summed E-state index contributed by atoms with van der Waals surface area (Å²) < 4.78 is 0. The van der Waals surface area contributed by atoms with Crippen LogP contribution in [0.1, 0.15) is 40.0 Å². The van der Waals surface area contributed by atoms with Gasteiger partial charge in [-0.1, -0.05) is 23.7 Å². The average Bonchev–Trinajstić information content (AvgIpc) is 3.10. The van der Waals surface area contributed by atoms with Crippen molar-refractivity contribution in [2.24, 2.45) is 11.7 Å². The number of nitrogens with two attached hydrogens (primary N) is 1. The Bertz CT molecular complexity index is 696. The molecule has 0 spiro atoms. The van der Waals surface area contributed by atoms with Crippen LogP contribution in [0.25, 0.3) is 0 Å². The minimum absolute atomic E-state index is 0.0506. The van der Waals surface area contributed by atoms with Gasteiger partial charge in [0.05, 0.1) is 6.10 Å². The first-order chi connectivity index (χ1) is 11.6. The van der Waals surface area contributed by atoms with Crippen molar-refractivity contribution in [3.8, 4) is 0 Å². The maximum Gasteiger partial charge on any atom is 0.273 e. The first-order valence-electron chi connectivity index (χ1n) is 7.95. The van der Waals surface area contributed by atoms with Crippen molar-refractivity contribution in [2.75, 3.05) is 13.1 Å². The highest BCUT2D eigenvalue weighted by Crippen LogP contribution is 2.31. The number of nitrogens with zero attached hydrogens (tertiary/aromatic N) is 2. The Kier molecular flexibility index (Phi) is 5.50. The predicted molar refractivity (Wildman–Crippen MR) is 95.0 cm³/mol. The van der Waals surface area contributed by atoms with E-state index in [-0.39, 0.29) is 11.8 Å². The molecule has 3 rings (SSSR count). The third-order valence-corrected chi connectivity index (χ3v) is 5.55. The molecule has 0 bridgehead atoms. The first kappa shape index (κ1) is 17.4. The summed E-state index contributed by atoms with van der Waals surface area (Å²) in [5.74, 6) is 0.0932. The van der Waals surface area contributed by atoms with E-state index in [1.54, 1.807) is 22.4 Å². The Morgan fingerprint density at radius 1 is 1.38 bits per heavy atom. The lowest BCUT2D eigenvalue weighted by Gasteiger charge is -2.34. The Hall–Kier alpha value is -1.47. The second-order valence-electron chi connectivity index (χ2n) is 5.96. The van der Waals surface area contributed by atoms with Gasteiger partial charge < -0.3 is 15.7 Å². The summed E-state index contributed by atoms with van der Waals surface area (Å²) in [5.41, 5.74) is 6.89. The Labute approximate surface area is 150 Å². The highest BCUT2D eigenvalue weighted by atomic mass is 35.5. The maximum atomic E-state index is 12.5. The monoisotopic (exact) mass is 365 g/mol. The molecule has 2 heterocycles. The molecule has 0 radical (unpaired) electrons. The van der Waals surface area contributed by atoms with Crippen LogP contribution >= 0.6 is 22.9 Å². The summed E-state index contributed by atoms with van der Waals surface area (Å²) in [7, 11) is 0. The topological polar surface area (TPSA) is 79.5 Å². The molecular formula is C17H20ClN3O2S. The molecule has 0 unspecified atom stereocenters. The van der Waals surface area contributed by atoms with E-state index >= 15 is 0 Å². The van der Waals surface area contributed by atoms with Crippen LogP contribution in [0.15, 0.2) is 29.6 Å². The number of aliphatic hydroxyl groups is 1. The third kappa shape index (κ3) is 3.78. The van der Waals surface area contributed by atoms with Gasteiger partial charge in [-0.3, -0.25) is 4.79 Å². The number of hydrogen-bond donors (Lipinski definition) is 2. The summed E-state index contributed by atoms with van der Waals surface area (Å²) in [6.45, 7) is 1.61. The fourth-order valence-electron chi connectivity index (χ4n) is 3.02. The second-order valence-corrected chi connectivity index (χ2v) is 7.34. The maximum absolute atomic E-state index is 12.5. The lowest BCUT2D eigenvalue weighted by Crippen LogP contribution is -2.40. The van der Waals surface area contributed by atoms with E-state index in [2.05, 4.69) is 4.98 Å². The summed E-state index contributed by atoms with van der Waals surface area (Å²) in [6.07, 6.45) is 1.01. The van der Waals surface area contributed by atoms with Crippen LogP contribution in [0.4, 0.5) is 0 Å². The van der Waals surface area contributed by atoms with Crippen LogP contribution in [0.5, 0.6) is 0 Å². The van der Waals surface area contributed by atoms with Gasteiger partial charge in [0.15, 0.2) is 0 Å². The smallest absolute Gasteiger partial charge is 0.273 e. The van der Waals surface area contributed by atoms with E-state index in [0.29, 0.717) is 30.4 Å². The van der Waals surface area contributed by atoms with Crippen LogP contribution in [0, 0.1) is 5.92 Å². The van der Waals surface area contributed by atoms with Crippen LogP contribution < -0.4 is 5.73 Å². The lowest BCUT2D eigenvalue weighted by atomic mass is 9.87. The zero-order valence-electron chi connectivity index (χ0n) is 13.2. The molecule has 0 aliphatic carbocycles. The number of halogens is 1. The molecule has 128 valence electrons. The van der Waals surface area contributed by atoms with Gasteiger partial charge in [-0.05, 0) is 36.5 Å². The van der Waals surface area contributed by atoms with Crippen molar-refractivity contribution >= 4 is 28.8 Å². The van der Waals surface area contributed by atoms with Crippen molar-refractivity contribution in [3.63, 3.8) is 0 Å². The molecule has 1 aromatic carbocycles. The zero-order chi connectivity index (χ0) is 17.1. The van der Waals surface area contributed by atoms with Crippen LogP contribution in [0.3, 0.4) is 0 Å². The molecular weight excluding hydrogens is 346 g/mol. The fourth-order valence-corrected chi connectivity index (χ4v) is 3.79. The number of aromatic nitrogens is 1. The van der Waals surface area contributed by atoms with Gasteiger partial charge in [0, 0.05) is 30.0 Å². The van der Waals surface area contributed by atoms with E-state index in [1.807, 2.05) is 12.1 Å². The van der Waals surface area contributed by atoms with Crippen molar-refractivity contribution in [1.29, 1.82) is 0 Å². The molecule has 1 amide bonds. The number of aliphatic hydroxyl groups excluding tert-OH is 1. The molecule has 1 aliphatic heterocycles. The average molecular weight is 366 g/mol. The minimum atomic E-state index is -0.525. The number of hydrogen-bond acceptors (Lipinski definition) is 5. The normalized spacial score (nSPS) is 17.0. The number of rotatable bonds is 4. The molecule has 7 heteroatoms. The molecule has 1 aliphatic rings. The van der Waals surface area contributed by atoms with Gasteiger partial charge in [-0.15, -0.1) is 11.3 Å². The molecule has 2 aromatic rings. The number of likely N-dealkylation sites (tertiary alicyclic amines) is 1. The molecule has 5 nitrogen and oxygen atoms in total. The highest BCUT2D eigenvalue weighted by molar-refractivity contribution is 7.09. The second kappa shape index (κ2) is 7.61. The quantitative estimate of drug-likeness (QED) is 0.873. The molecule has 0 saturated carbocycles. The Morgan fingerprint density at radius 2 is 2.04 bits per heavy atom. The van der Waals surface area contributed by atoms with E-state index < -0.39 is 6.10 Å². The van der Waals surface area contributed by atoms with E-state index in [9.17, 15) is 9.90 Å². The van der Waals surface area contributed by atoms with Gasteiger partial charge >= 0.3 is 0 Å². The van der Waals surface area contributed by atoms with Crippen molar-refractivity contribution in [2.45, 2.75) is 25.5 Å². The predicted octanol–water partition coefficient (Wildman–Crippen LogP) is 2.84. The van der Waals surface area contributed by atoms with Crippen molar-refractivity contribution in [1.82, 2.24) is 9.88 Å². The summed E-state index contributed by atoms with van der Waals surface area (Å²) >= 11 is 7.30. The summed E-state index contributed by atoms with van der Waals surface area (Å²) in [4.78, 5) is 18.5. The number of benzene rings is 1. The largest absolute Gasteiger partial charge is 0.388 e. The lowest BCUT2D eigenvalue weighted by molar-refractivity contribution is 0.0459. The highest BCUT2D eigenvalue weighted by Gasteiger charge is 2.29. The summed E-state index contributed by atoms with van der Waals surface area (Å²) in [5, 5.41) is 13.7. The molecule has 1 atom stereocenters. The van der Waals surface area contributed by atoms with Crippen LogP contribution in [-0.2, 0) is 6.54 Å². The number of amides is 1. The Balaban J connectivity index is 1.58. The van der Waals surface area contributed by atoms with E-state index in [0.717, 1.165) is 23.4 Å². The van der Waals surface area contributed by atoms with E-state index in [4.69, 9.17) is 17.3 Å². The standard InChI is InChI=1S/C17H20ClN3O2S/c18-13-3-1-11(2-4-13)16(22)12-5-7-21(8-6-12)17(23)14-10-24-15(9-19)20-14/h1-4,10,12,16,22H,5-9,19H2/t16-/m0/s1. The van der Waals surface area contributed by atoms with Crippen molar-refractivity contribution in [3.05, 3.63) is 50.9 Å². The summed E-state index contributed by atoms with van der Waals surface area (Å²) in [6, 6.07) is 7.29. The number of piperidine rings is 1. The van der Waals surface area contributed by atoms with Gasteiger partial charge in [-0.2, -0.15) is 0 Å². The van der Waals surface area contributed by atoms with Gasteiger partial charge in [-0.25, -0.2) is 4.98 Å². The molecule has 1 aromatic heterocycles. The first-order valence-corrected chi connectivity index (χ1v) is 9.21. The molecule has 1 saturated heterocycles. The number of carbonyl (C=O) groups excluding carboxylic acids is 1.